The molecule has 0 spiro atoms. The average Bonchev–Trinajstić information content (AvgIpc) is 2.53. The number of primary amides is 1. The standard InChI is InChI=1S/C16H22N2O5/c1-2-3-9-22-15(20)13(10-14(17)19)18-16(21)23-11-12-7-5-4-6-8-12/h4-8,13H,2-3,9-11H2,1H3,(H2,17,19)(H,18,21)/t13-/m0/s1. The molecule has 0 heterocycles. The number of benzene rings is 1. The number of rotatable bonds is 9. The normalized spacial score (nSPS) is 11.3. The lowest BCUT2D eigenvalue weighted by Crippen LogP contribution is -2.44. The van der Waals surface area contributed by atoms with E-state index in [1.165, 1.54) is 0 Å². The van der Waals surface area contributed by atoms with Crippen LogP contribution >= 0.6 is 0 Å². The van der Waals surface area contributed by atoms with Crippen LogP contribution in [-0.4, -0.2) is 30.6 Å². The van der Waals surface area contributed by atoms with Crippen LogP contribution in [0, 0.1) is 0 Å². The molecule has 0 aromatic heterocycles. The summed E-state index contributed by atoms with van der Waals surface area (Å²) < 4.78 is 10.00. The lowest BCUT2D eigenvalue weighted by Gasteiger charge is -2.16. The van der Waals surface area contributed by atoms with Gasteiger partial charge in [0, 0.05) is 0 Å². The first-order valence-corrected chi connectivity index (χ1v) is 7.45. The smallest absolute Gasteiger partial charge is 0.408 e. The first-order chi connectivity index (χ1) is 11.0. The number of esters is 1. The fourth-order valence-corrected chi connectivity index (χ4v) is 1.72. The van der Waals surface area contributed by atoms with Crippen molar-refractivity contribution >= 4 is 18.0 Å². The Morgan fingerprint density at radius 2 is 1.87 bits per heavy atom. The first-order valence-electron chi connectivity index (χ1n) is 7.45. The number of carbonyl (C=O) groups excluding carboxylic acids is 3. The van der Waals surface area contributed by atoms with E-state index in [2.05, 4.69) is 5.32 Å². The van der Waals surface area contributed by atoms with Crippen LogP contribution in [0.15, 0.2) is 30.3 Å². The molecule has 2 amide bonds. The molecule has 7 heteroatoms. The van der Waals surface area contributed by atoms with Crippen molar-refractivity contribution in [2.24, 2.45) is 5.73 Å². The Balaban J connectivity index is 2.49. The number of amides is 2. The molecular weight excluding hydrogens is 300 g/mol. The molecule has 1 rings (SSSR count). The highest BCUT2D eigenvalue weighted by molar-refractivity contribution is 5.87. The molecule has 23 heavy (non-hydrogen) atoms. The van der Waals surface area contributed by atoms with Crippen LogP contribution in [0.3, 0.4) is 0 Å². The van der Waals surface area contributed by atoms with Crippen LogP contribution < -0.4 is 11.1 Å². The molecule has 126 valence electrons. The Morgan fingerprint density at radius 1 is 1.17 bits per heavy atom. The monoisotopic (exact) mass is 322 g/mol. The minimum atomic E-state index is -1.15. The fraction of sp³-hybridized carbons (Fsp3) is 0.438. The summed E-state index contributed by atoms with van der Waals surface area (Å²) in [6.07, 6.45) is 0.409. The number of unbranched alkanes of at least 4 members (excludes halogenated alkanes) is 1. The van der Waals surface area contributed by atoms with Gasteiger partial charge in [-0.3, -0.25) is 4.79 Å². The van der Waals surface area contributed by atoms with Gasteiger partial charge in [-0.2, -0.15) is 0 Å². The minimum absolute atomic E-state index is 0.0564. The summed E-state index contributed by atoms with van der Waals surface area (Å²) >= 11 is 0. The first kappa shape index (κ1) is 18.5. The van der Waals surface area contributed by atoms with E-state index in [0.29, 0.717) is 6.42 Å². The second-order valence-electron chi connectivity index (χ2n) is 4.95. The Labute approximate surface area is 135 Å². The highest BCUT2D eigenvalue weighted by atomic mass is 16.6. The van der Waals surface area contributed by atoms with Crippen LogP contribution in [0.4, 0.5) is 4.79 Å². The van der Waals surface area contributed by atoms with E-state index in [-0.39, 0.29) is 19.6 Å². The fourth-order valence-electron chi connectivity index (χ4n) is 1.72. The Kier molecular flexibility index (Phi) is 8.20. The van der Waals surface area contributed by atoms with Crippen LogP contribution in [0.1, 0.15) is 31.7 Å². The molecule has 0 fully saturated rings. The molecule has 1 aromatic carbocycles. The van der Waals surface area contributed by atoms with Crippen LogP contribution in [-0.2, 0) is 25.7 Å². The third-order valence-electron chi connectivity index (χ3n) is 2.94. The third-order valence-corrected chi connectivity index (χ3v) is 2.94. The Bertz CT molecular complexity index is 518. The number of nitrogens with one attached hydrogen (secondary N) is 1. The van der Waals surface area contributed by atoms with E-state index in [1.54, 1.807) is 12.1 Å². The van der Waals surface area contributed by atoms with Gasteiger partial charge in [0.05, 0.1) is 13.0 Å². The lowest BCUT2D eigenvalue weighted by molar-refractivity contribution is -0.147. The summed E-state index contributed by atoms with van der Waals surface area (Å²) in [6.45, 7) is 2.24. The van der Waals surface area contributed by atoms with Gasteiger partial charge >= 0.3 is 12.1 Å². The zero-order valence-electron chi connectivity index (χ0n) is 13.1. The number of alkyl carbamates (subject to hydrolysis) is 1. The van der Waals surface area contributed by atoms with E-state index in [0.717, 1.165) is 12.0 Å². The second-order valence-corrected chi connectivity index (χ2v) is 4.95. The number of nitrogens with two attached hydrogens (primary N) is 1. The van der Waals surface area contributed by atoms with Gasteiger partial charge in [-0.25, -0.2) is 9.59 Å². The van der Waals surface area contributed by atoms with E-state index in [4.69, 9.17) is 15.2 Å². The molecule has 1 aromatic rings. The molecule has 0 aliphatic carbocycles. The van der Waals surface area contributed by atoms with Crippen LogP contribution in [0.5, 0.6) is 0 Å². The molecule has 0 radical (unpaired) electrons. The third kappa shape index (κ3) is 7.85. The Morgan fingerprint density at radius 3 is 2.48 bits per heavy atom. The predicted octanol–water partition coefficient (Wildman–Crippen LogP) is 1.50. The van der Waals surface area contributed by atoms with Crippen molar-refractivity contribution in [2.45, 2.75) is 38.8 Å². The van der Waals surface area contributed by atoms with Crippen molar-refractivity contribution in [3.8, 4) is 0 Å². The van der Waals surface area contributed by atoms with Gasteiger partial charge in [0.1, 0.15) is 12.6 Å². The van der Waals surface area contributed by atoms with Gasteiger partial charge < -0.3 is 20.5 Å². The summed E-state index contributed by atoms with van der Waals surface area (Å²) in [5.74, 6) is -1.42. The maximum atomic E-state index is 11.9. The molecule has 0 aliphatic rings. The van der Waals surface area contributed by atoms with Gasteiger partial charge in [0.2, 0.25) is 5.91 Å². The summed E-state index contributed by atoms with van der Waals surface area (Å²) in [5, 5.41) is 2.31. The zero-order valence-corrected chi connectivity index (χ0v) is 13.1. The molecular formula is C16H22N2O5. The molecule has 1 atom stereocenters. The zero-order chi connectivity index (χ0) is 17.1. The van der Waals surface area contributed by atoms with E-state index in [9.17, 15) is 14.4 Å². The van der Waals surface area contributed by atoms with Crippen molar-refractivity contribution in [1.82, 2.24) is 5.32 Å². The molecule has 0 saturated heterocycles. The van der Waals surface area contributed by atoms with Crippen molar-refractivity contribution in [3.05, 3.63) is 35.9 Å². The van der Waals surface area contributed by atoms with E-state index in [1.807, 2.05) is 25.1 Å². The topological polar surface area (TPSA) is 108 Å². The highest BCUT2D eigenvalue weighted by Crippen LogP contribution is 2.02. The number of hydrogen-bond acceptors (Lipinski definition) is 5. The van der Waals surface area contributed by atoms with Gasteiger partial charge in [0.15, 0.2) is 0 Å². The molecule has 0 unspecified atom stereocenters. The maximum Gasteiger partial charge on any atom is 0.408 e. The number of carbonyl (C=O) groups is 3. The SMILES string of the molecule is CCCCOC(=O)[C@H](CC(N)=O)NC(=O)OCc1ccccc1. The second kappa shape index (κ2) is 10.2. The molecule has 0 saturated carbocycles. The van der Waals surface area contributed by atoms with E-state index < -0.39 is 24.0 Å². The predicted molar refractivity (Wildman–Crippen MR) is 83.2 cm³/mol. The van der Waals surface area contributed by atoms with Crippen molar-refractivity contribution in [1.29, 1.82) is 0 Å². The van der Waals surface area contributed by atoms with Crippen molar-refractivity contribution in [2.75, 3.05) is 6.61 Å². The van der Waals surface area contributed by atoms with Crippen molar-refractivity contribution in [3.63, 3.8) is 0 Å². The minimum Gasteiger partial charge on any atom is -0.464 e. The summed E-state index contributed by atoms with van der Waals surface area (Å²) in [7, 11) is 0. The summed E-state index contributed by atoms with van der Waals surface area (Å²) in [6, 6.07) is 7.93. The lowest BCUT2D eigenvalue weighted by atomic mass is 10.2. The number of ether oxygens (including phenoxy) is 2. The largest absolute Gasteiger partial charge is 0.464 e. The van der Waals surface area contributed by atoms with Gasteiger partial charge in [-0.1, -0.05) is 43.7 Å². The summed E-state index contributed by atoms with van der Waals surface area (Å²) in [4.78, 5) is 34.6. The van der Waals surface area contributed by atoms with Crippen LogP contribution in [0.2, 0.25) is 0 Å². The average molecular weight is 322 g/mol. The molecule has 0 bridgehead atoms. The Hall–Kier alpha value is -2.57. The van der Waals surface area contributed by atoms with Crippen LogP contribution in [0.25, 0.3) is 0 Å². The van der Waals surface area contributed by atoms with Gasteiger partial charge in [-0.15, -0.1) is 0 Å². The quantitative estimate of drug-likeness (QED) is 0.529. The highest BCUT2D eigenvalue weighted by Gasteiger charge is 2.25. The molecule has 7 nitrogen and oxygen atoms in total. The van der Waals surface area contributed by atoms with Gasteiger partial charge in [0.25, 0.3) is 0 Å². The molecule has 0 aliphatic heterocycles. The maximum absolute atomic E-state index is 11.9. The summed E-state index contributed by atoms with van der Waals surface area (Å²) in [5.41, 5.74) is 5.89. The van der Waals surface area contributed by atoms with E-state index >= 15 is 0 Å². The number of hydrogen-bond donors (Lipinski definition) is 2. The molecule has 3 N–H and O–H groups in total. The van der Waals surface area contributed by atoms with Crippen molar-refractivity contribution < 1.29 is 23.9 Å². The van der Waals surface area contributed by atoms with Gasteiger partial charge in [-0.05, 0) is 12.0 Å².